The summed E-state index contributed by atoms with van der Waals surface area (Å²) >= 11 is 0. The number of aliphatic hydroxyl groups is 1. The van der Waals surface area contributed by atoms with Crippen molar-refractivity contribution < 1.29 is 37.6 Å². The Bertz CT molecular complexity index is 2380. The molecule has 5 heterocycles. The van der Waals surface area contributed by atoms with Gasteiger partial charge in [-0.05, 0) is 106 Å². The maximum atomic E-state index is 18.1. The normalized spacial score (nSPS) is 20.0. The van der Waals surface area contributed by atoms with Gasteiger partial charge in [0, 0.05) is 42.3 Å². The zero-order chi connectivity index (χ0) is 44.3. The summed E-state index contributed by atoms with van der Waals surface area (Å²) in [4.78, 5) is 28.1. The Morgan fingerprint density at radius 2 is 1.74 bits per heavy atom. The zero-order valence-electron chi connectivity index (χ0n) is 37.8. The molecule has 0 aliphatic carbocycles. The van der Waals surface area contributed by atoms with Gasteiger partial charge in [0.05, 0.1) is 29.1 Å². The van der Waals surface area contributed by atoms with Crippen LogP contribution < -0.4 is 14.4 Å². The minimum atomic E-state index is -2.33. The number of pyridine rings is 2. The summed E-state index contributed by atoms with van der Waals surface area (Å²) in [7, 11) is -0.812. The van der Waals surface area contributed by atoms with Crippen LogP contribution in [0.1, 0.15) is 105 Å². The van der Waals surface area contributed by atoms with Gasteiger partial charge in [0.1, 0.15) is 42.9 Å². The van der Waals surface area contributed by atoms with E-state index >= 15 is 8.78 Å². The number of hydrogen-bond acceptors (Lipinski definition) is 9. The molecule has 61 heavy (non-hydrogen) atoms. The van der Waals surface area contributed by atoms with Gasteiger partial charge >= 0.3 is 6.09 Å². The number of fused-ring (bicyclic) bond motifs is 6. The lowest BCUT2D eigenvalue weighted by atomic mass is 9.94. The molecule has 4 atom stereocenters. The van der Waals surface area contributed by atoms with E-state index in [1.165, 1.54) is 13.2 Å². The van der Waals surface area contributed by atoms with E-state index < -0.39 is 31.4 Å². The summed E-state index contributed by atoms with van der Waals surface area (Å²) in [5, 5.41) is 11.7. The molecule has 10 nitrogen and oxygen atoms in total. The van der Waals surface area contributed by atoms with Crippen molar-refractivity contribution in [2.75, 3.05) is 32.0 Å². The van der Waals surface area contributed by atoms with Gasteiger partial charge in [-0.2, -0.15) is 0 Å². The number of rotatable bonds is 10. The Morgan fingerprint density at radius 3 is 2.38 bits per heavy atom. The zero-order valence-corrected chi connectivity index (χ0v) is 38.8. The van der Waals surface area contributed by atoms with Crippen LogP contribution in [0, 0.1) is 30.0 Å². The second-order valence-electron chi connectivity index (χ2n) is 19.0. The number of carbonyl (C=O) groups excluding carboxylic acids is 1. The van der Waals surface area contributed by atoms with Crippen LogP contribution in [-0.2, 0) is 15.9 Å². The number of benzene rings is 2. The summed E-state index contributed by atoms with van der Waals surface area (Å²) in [6, 6.07) is 5.76. The molecule has 2 bridgehead atoms. The van der Waals surface area contributed by atoms with Crippen molar-refractivity contribution in [1.82, 2.24) is 14.9 Å². The molecule has 2 saturated heterocycles. The first-order chi connectivity index (χ1) is 28.8. The monoisotopic (exact) mass is 856 g/mol. The highest BCUT2D eigenvalue weighted by Gasteiger charge is 2.54. The van der Waals surface area contributed by atoms with Gasteiger partial charge in [-0.1, -0.05) is 53.5 Å². The van der Waals surface area contributed by atoms with Crippen LogP contribution in [0.5, 0.6) is 11.6 Å². The summed E-state index contributed by atoms with van der Waals surface area (Å²) in [5.74, 6) is 3.36. The lowest BCUT2D eigenvalue weighted by molar-refractivity contribution is 0.000948. The minimum absolute atomic E-state index is 0.0403. The fraction of sp³-hybridized carbons (Fsp3) is 0.562. The van der Waals surface area contributed by atoms with Crippen molar-refractivity contribution in [2.45, 2.75) is 148 Å². The number of piperazine rings is 1. The summed E-state index contributed by atoms with van der Waals surface area (Å²) < 4.78 is 58.7. The van der Waals surface area contributed by atoms with Crippen molar-refractivity contribution in [3.8, 4) is 34.4 Å². The highest BCUT2D eigenvalue weighted by Crippen LogP contribution is 2.49. The van der Waals surface area contributed by atoms with Gasteiger partial charge in [-0.15, -0.1) is 5.54 Å². The SMILES string of the molecule is COCOc1cc(-c2nc3c4c(nc(CCCO)c(C)c4c2F)N2C[C@H]4CC[C@@H]([C@H]2[C@H](C)O3)N4C(=O)OC(C)(C)C)c2c(C#C[Si](C(C)C)(C(C)C)C(C)C)c(F)ccc2c1. The lowest BCUT2D eigenvalue weighted by Gasteiger charge is -2.48. The molecule has 3 aliphatic heterocycles. The van der Waals surface area contributed by atoms with Gasteiger partial charge < -0.3 is 29.0 Å². The molecule has 0 spiro atoms. The molecule has 0 radical (unpaired) electrons. The molecule has 1 N–H and O–H groups in total. The fourth-order valence-electron chi connectivity index (χ4n) is 10.6. The Balaban J connectivity index is 1.51. The highest BCUT2D eigenvalue weighted by atomic mass is 28.3. The van der Waals surface area contributed by atoms with E-state index in [1.807, 2.05) is 39.5 Å². The maximum Gasteiger partial charge on any atom is 0.410 e. The molecule has 3 aliphatic rings. The summed E-state index contributed by atoms with van der Waals surface area (Å²) in [5.41, 5.74) is 5.62. The van der Waals surface area contributed by atoms with E-state index in [4.69, 9.17) is 28.9 Å². The number of ether oxygens (including phenoxy) is 4. The molecule has 2 aromatic carbocycles. The molecule has 7 rings (SSSR count). The van der Waals surface area contributed by atoms with Gasteiger partial charge in [-0.3, -0.25) is 4.90 Å². The number of amides is 1. The number of aryl methyl sites for hydroxylation is 2. The van der Waals surface area contributed by atoms with Crippen LogP contribution in [0.25, 0.3) is 32.8 Å². The quantitative estimate of drug-likeness (QED) is 0.0948. The van der Waals surface area contributed by atoms with Crippen molar-refractivity contribution in [3.63, 3.8) is 0 Å². The first-order valence-electron chi connectivity index (χ1n) is 21.8. The summed E-state index contributed by atoms with van der Waals surface area (Å²) in [6.07, 6.45) is 1.46. The number of methoxy groups -OCH3 is 1. The second-order valence-corrected chi connectivity index (χ2v) is 24.6. The van der Waals surface area contributed by atoms with Gasteiger partial charge in [0.15, 0.2) is 12.6 Å². The molecule has 0 saturated carbocycles. The van der Waals surface area contributed by atoms with E-state index in [0.29, 0.717) is 85.9 Å². The third-order valence-electron chi connectivity index (χ3n) is 13.2. The smallest absolute Gasteiger partial charge is 0.410 e. The Hall–Kier alpha value is -4.51. The number of hydrogen-bond donors (Lipinski definition) is 1. The number of nitrogens with zero attached hydrogens (tertiary/aromatic N) is 4. The lowest BCUT2D eigenvalue weighted by Crippen LogP contribution is -2.65. The Kier molecular flexibility index (Phi) is 12.4. The third-order valence-corrected chi connectivity index (χ3v) is 19.5. The van der Waals surface area contributed by atoms with Crippen LogP contribution in [-0.4, -0.2) is 91.0 Å². The minimum Gasteiger partial charge on any atom is -0.472 e. The van der Waals surface area contributed by atoms with Crippen LogP contribution in [0.3, 0.4) is 0 Å². The molecular weight excluding hydrogens is 795 g/mol. The first kappa shape index (κ1) is 44.5. The Labute approximate surface area is 360 Å². The first-order valence-corrected chi connectivity index (χ1v) is 24.1. The second kappa shape index (κ2) is 17.0. The topological polar surface area (TPSA) is 106 Å². The molecule has 328 valence electrons. The number of halogens is 2. The third kappa shape index (κ3) is 7.82. The molecule has 1 amide bonds. The van der Waals surface area contributed by atoms with Crippen molar-refractivity contribution >= 4 is 41.5 Å². The summed E-state index contributed by atoms with van der Waals surface area (Å²) in [6.45, 7) is 23.0. The Morgan fingerprint density at radius 1 is 1.03 bits per heavy atom. The largest absolute Gasteiger partial charge is 0.472 e. The standard InChI is InChI=1S/C48H62F2N4O6Si/c1-26(2)61(27(3)4,28(5)6)21-19-34-36(49)17-15-31-22-33(58-25-57-12)23-35(40(31)34)43-42(50)39-29(7)37(14-13-20-55)51-45-41(39)46(52-43)59-30(8)44-38-18-16-32(24-53(44)45)54(38)47(56)60-48(9,10)11/h15,17,22-23,26-28,30,32,38,44,55H,13-14,16,18,20,24-25H2,1-12H3/t30-,32+,38-,44+/m0/s1. The van der Waals surface area contributed by atoms with E-state index in [-0.39, 0.29) is 54.8 Å². The van der Waals surface area contributed by atoms with Crippen molar-refractivity contribution in [3.05, 3.63) is 52.7 Å². The average Bonchev–Trinajstić information content (AvgIpc) is 3.44. The van der Waals surface area contributed by atoms with Gasteiger partial charge in [0.2, 0.25) is 5.88 Å². The molecule has 0 unspecified atom stereocenters. The molecular formula is C48H62F2N4O6Si. The van der Waals surface area contributed by atoms with E-state index in [0.717, 1.165) is 12.8 Å². The number of aliphatic hydroxyl groups excluding tert-OH is 1. The van der Waals surface area contributed by atoms with E-state index in [9.17, 15) is 9.90 Å². The number of carbonyl (C=O) groups is 1. The van der Waals surface area contributed by atoms with E-state index in [1.54, 1.807) is 18.2 Å². The fourth-order valence-corrected chi connectivity index (χ4v) is 15.8. The van der Waals surface area contributed by atoms with Crippen molar-refractivity contribution in [1.29, 1.82) is 0 Å². The van der Waals surface area contributed by atoms with Crippen LogP contribution in [0.4, 0.5) is 19.4 Å². The average molecular weight is 857 g/mol. The predicted octanol–water partition coefficient (Wildman–Crippen LogP) is 10.3. The maximum absolute atomic E-state index is 18.1. The predicted molar refractivity (Wildman–Crippen MR) is 239 cm³/mol. The van der Waals surface area contributed by atoms with Crippen LogP contribution >= 0.6 is 0 Å². The molecule has 2 aromatic heterocycles. The molecule has 4 aromatic rings. The van der Waals surface area contributed by atoms with Gasteiger partial charge in [0.25, 0.3) is 0 Å². The van der Waals surface area contributed by atoms with E-state index in [2.05, 4.69) is 57.9 Å². The number of aromatic nitrogens is 2. The van der Waals surface area contributed by atoms with Crippen molar-refractivity contribution in [2.24, 2.45) is 0 Å². The van der Waals surface area contributed by atoms with Crippen LogP contribution in [0.2, 0.25) is 16.6 Å². The molecule has 13 heteroatoms. The van der Waals surface area contributed by atoms with Gasteiger partial charge in [-0.25, -0.2) is 23.5 Å². The van der Waals surface area contributed by atoms with Crippen LogP contribution in [0.15, 0.2) is 24.3 Å². The molecule has 2 fully saturated rings. The highest BCUT2D eigenvalue weighted by molar-refractivity contribution is 6.90. The number of anilines is 1.